The van der Waals surface area contributed by atoms with Gasteiger partial charge in [0, 0.05) is 6.07 Å². The largest absolute Gasteiger partial charge is 0.481 e. The molecule has 0 saturated carbocycles. The first-order chi connectivity index (χ1) is 10.7. The summed E-state index contributed by atoms with van der Waals surface area (Å²) in [5.41, 5.74) is 7.30. The van der Waals surface area contributed by atoms with E-state index in [2.05, 4.69) is 9.97 Å². The molecule has 6 nitrogen and oxygen atoms in total. The van der Waals surface area contributed by atoms with Crippen molar-refractivity contribution in [2.24, 2.45) is 0 Å². The smallest absolute Gasteiger partial charge is 0.231 e. The molecule has 2 aromatic rings. The van der Waals surface area contributed by atoms with Crippen LogP contribution in [0.4, 0.5) is 5.95 Å². The average Bonchev–Trinajstić information content (AvgIpc) is 2.98. The fraction of sp³-hybridized carbons (Fsp3) is 0.125. The van der Waals surface area contributed by atoms with Gasteiger partial charge in [0.25, 0.3) is 0 Å². The molecule has 1 aliphatic heterocycles. The first-order valence-electron chi connectivity index (χ1n) is 6.67. The molecule has 2 N–H and O–H groups in total. The van der Waals surface area contributed by atoms with E-state index in [4.69, 9.17) is 19.9 Å². The van der Waals surface area contributed by atoms with Gasteiger partial charge in [0.1, 0.15) is 0 Å². The maximum absolute atomic E-state index is 5.60. The lowest BCUT2D eigenvalue weighted by molar-refractivity contribution is 0.174. The van der Waals surface area contributed by atoms with Gasteiger partial charge < -0.3 is 19.9 Å². The number of hydrogen-bond acceptors (Lipinski definition) is 6. The summed E-state index contributed by atoms with van der Waals surface area (Å²) in [4.78, 5) is 8.03. The van der Waals surface area contributed by atoms with Crippen LogP contribution in [0.25, 0.3) is 12.2 Å². The van der Waals surface area contributed by atoms with Gasteiger partial charge in [0.05, 0.1) is 12.8 Å². The molecule has 0 unspecified atom stereocenters. The van der Waals surface area contributed by atoms with Crippen LogP contribution in [0.3, 0.4) is 0 Å². The first-order valence-corrected chi connectivity index (χ1v) is 6.67. The zero-order valence-electron chi connectivity index (χ0n) is 12.0. The molecule has 2 heterocycles. The summed E-state index contributed by atoms with van der Waals surface area (Å²) in [6.45, 7) is 0.277. The third-order valence-electron chi connectivity index (χ3n) is 3.01. The molecule has 112 valence electrons. The van der Waals surface area contributed by atoms with Crippen LogP contribution in [0.2, 0.25) is 0 Å². The van der Waals surface area contributed by atoms with Crippen LogP contribution >= 0.6 is 0 Å². The number of aromatic nitrogens is 2. The minimum Gasteiger partial charge on any atom is -0.481 e. The van der Waals surface area contributed by atoms with Crippen molar-refractivity contribution >= 4 is 18.1 Å². The van der Waals surface area contributed by atoms with Gasteiger partial charge in [-0.15, -0.1) is 0 Å². The van der Waals surface area contributed by atoms with E-state index in [0.717, 1.165) is 17.1 Å². The third-order valence-corrected chi connectivity index (χ3v) is 3.01. The molecule has 3 rings (SSSR count). The Labute approximate surface area is 127 Å². The summed E-state index contributed by atoms with van der Waals surface area (Å²) in [5.74, 6) is 2.15. The zero-order valence-corrected chi connectivity index (χ0v) is 12.0. The Morgan fingerprint density at radius 2 is 1.91 bits per heavy atom. The van der Waals surface area contributed by atoms with Crippen LogP contribution in [0.1, 0.15) is 11.3 Å². The molecular formula is C16H15N3O3. The highest BCUT2D eigenvalue weighted by Gasteiger charge is 2.11. The summed E-state index contributed by atoms with van der Waals surface area (Å²) >= 11 is 0. The Morgan fingerprint density at radius 3 is 2.77 bits per heavy atom. The third kappa shape index (κ3) is 3.17. The van der Waals surface area contributed by atoms with E-state index in [1.807, 2.05) is 42.5 Å². The number of nitrogen functional groups attached to an aromatic ring is 1. The number of rotatable bonds is 4. The number of anilines is 1. The van der Waals surface area contributed by atoms with Crippen LogP contribution in [0.15, 0.2) is 36.4 Å². The van der Waals surface area contributed by atoms with Crippen molar-refractivity contribution in [3.8, 4) is 17.4 Å². The Morgan fingerprint density at radius 1 is 1.09 bits per heavy atom. The molecule has 1 aliphatic rings. The molecule has 0 fully saturated rings. The lowest BCUT2D eigenvalue weighted by atomic mass is 10.2. The van der Waals surface area contributed by atoms with E-state index in [1.165, 1.54) is 7.11 Å². The topological polar surface area (TPSA) is 79.5 Å². The molecule has 22 heavy (non-hydrogen) atoms. The SMILES string of the molecule is COc1cc(/C=C/C=C/c2ccc3c(c2)OCO3)nc(N)n1. The standard InChI is InChI=1S/C16H15N3O3/c1-20-15-9-12(18-16(17)19-15)5-3-2-4-11-6-7-13-14(8-11)22-10-21-13/h2-9H,10H2,1H3,(H2,17,18,19)/b4-2+,5-3+. The molecule has 6 heteroatoms. The normalized spacial score (nSPS) is 13.1. The number of hydrogen-bond donors (Lipinski definition) is 1. The second-order valence-corrected chi connectivity index (χ2v) is 4.52. The number of benzene rings is 1. The molecule has 0 spiro atoms. The second-order valence-electron chi connectivity index (χ2n) is 4.52. The highest BCUT2D eigenvalue weighted by atomic mass is 16.7. The predicted octanol–water partition coefficient (Wildman–Crippen LogP) is 2.52. The van der Waals surface area contributed by atoms with Gasteiger partial charge in [-0.2, -0.15) is 4.98 Å². The van der Waals surface area contributed by atoms with Gasteiger partial charge in [-0.1, -0.05) is 24.3 Å². The summed E-state index contributed by atoms with van der Waals surface area (Å²) in [5, 5.41) is 0. The fourth-order valence-electron chi connectivity index (χ4n) is 1.99. The Kier molecular flexibility index (Phi) is 3.91. The van der Waals surface area contributed by atoms with Gasteiger partial charge in [-0.3, -0.25) is 0 Å². The van der Waals surface area contributed by atoms with Crippen molar-refractivity contribution in [2.75, 3.05) is 19.6 Å². The summed E-state index contributed by atoms with van der Waals surface area (Å²) in [6, 6.07) is 7.49. The Bertz CT molecular complexity index is 741. The Balaban J connectivity index is 1.70. The van der Waals surface area contributed by atoms with E-state index in [9.17, 15) is 0 Å². The van der Waals surface area contributed by atoms with Gasteiger partial charge in [-0.05, 0) is 23.8 Å². The van der Waals surface area contributed by atoms with E-state index >= 15 is 0 Å². The highest BCUT2D eigenvalue weighted by Crippen LogP contribution is 2.32. The molecule has 0 amide bonds. The van der Waals surface area contributed by atoms with Crippen LogP contribution < -0.4 is 19.9 Å². The maximum atomic E-state index is 5.60. The van der Waals surface area contributed by atoms with Crippen LogP contribution in [-0.4, -0.2) is 23.9 Å². The molecular weight excluding hydrogens is 282 g/mol. The maximum Gasteiger partial charge on any atom is 0.231 e. The lowest BCUT2D eigenvalue weighted by Gasteiger charge is -2.00. The predicted molar refractivity (Wildman–Crippen MR) is 83.6 cm³/mol. The van der Waals surface area contributed by atoms with Gasteiger partial charge in [-0.25, -0.2) is 4.98 Å². The van der Waals surface area contributed by atoms with Crippen LogP contribution in [0.5, 0.6) is 17.4 Å². The van der Waals surface area contributed by atoms with Gasteiger partial charge >= 0.3 is 0 Å². The number of nitrogens with zero attached hydrogens (tertiary/aromatic N) is 2. The minimum atomic E-state index is 0.179. The quantitative estimate of drug-likeness (QED) is 0.874. The Hall–Kier alpha value is -3.02. The zero-order chi connectivity index (χ0) is 15.4. The first kappa shape index (κ1) is 13.9. The fourth-order valence-corrected chi connectivity index (χ4v) is 1.99. The van der Waals surface area contributed by atoms with Crippen LogP contribution in [0, 0.1) is 0 Å². The molecule has 1 aromatic carbocycles. The molecule has 0 atom stereocenters. The summed E-state index contributed by atoms with van der Waals surface area (Å²) < 4.78 is 15.7. The van der Waals surface area contributed by atoms with E-state index in [1.54, 1.807) is 6.07 Å². The summed E-state index contributed by atoms with van der Waals surface area (Å²) in [6.07, 6.45) is 7.55. The molecule has 1 aromatic heterocycles. The number of ether oxygens (including phenoxy) is 3. The van der Waals surface area contributed by atoms with Crippen molar-refractivity contribution in [1.29, 1.82) is 0 Å². The van der Waals surface area contributed by atoms with E-state index < -0.39 is 0 Å². The monoisotopic (exact) mass is 297 g/mol. The number of fused-ring (bicyclic) bond motifs is 1. The van der Waals surface area contributed by atoms with Crippen molar-refractivity contribution in [2.45, 2.75) is 0 Å². The molecule has 0 radical (unpaired) electrons. The average molecular weight is 297 g/mol. The van der Waals surface area contributed by atoms with Crippen molar-refractivity contribution in [1.82, 2.24) is 9.97 Å². The van der Waals surface area contributed by atoms with Crippen molar-refractivity contribution in [3.63, 3.8) is 0 Å². The van der Waals surface area contributed by atoms with Crippen molar-refractivity contribution in [3.05, 3.63) is 47.7 Å². The van der Waals surface area contributed by atoms with E-state index in [0.29, 0.717) is 11.6 Å². The molecule has 0 aliphatic carbocycles. The molecule has 0 bridgehead atoms. The van der Waals surface area contributed by atoms with Gasteiger partial charge in [0.2, 0.25) is 18.6 Å². The number of allylic oxidation sites excluding steroid dienone is 2. The van der Waals surface area contributed by atoms with Crippen LogP contribution in [-0.2, 0) is 0 Å². The minimum absolute atomic E-state index is 0.179. The number of nitrogens with two attached hydrogens (primary N) is 1. The van der Waals surface area contributed by atoms with E-state index in [-0.39, 0.29) is 12.7 Å². The highest BCUT2D eigenvalue weighted by molar-refractivity contribution is 5.59. The second kappa shape index (κ2) is 6.17. The summed E-state index contributed by atoms with van der Waals surface area (Å²) in [7, 11) is 1.54. The lowest BCUT2D eigenvalue weighted by Crippen LogP contribution is -1.98. The van der Waals surface area contributed by atoms with Crippen molar-refractivity contribution < 1.29 is 14.2 Å². The molecule has 0 saturated heterocycles. The number of methoxy groups -OCH3 is 1. The van der Waals surface area contributed by atoms with Gasteiger partial charge in [0.15, 0.2) is 11.5 Å².